The third-order valence-corrected chi connectivity index (χ3v) is 6.51. The number of hydrogen-bond acceptors (Lipinski definition) is 4. The van der Waals surface area contributed by atoms with E-state index in [0.717, 1.165) is 25.9 Å². The topological polar surface area (TPSA) is 127 Å². The summed E-state index contributed by atoms with van der Waals surface area (Å²) in [4.78, 5) is 20.7. The van der Waals surface area contributed by atoms with Gasteiger partial charge in [-0.25, -0.2) is 9.59 Å². The van der Waals surface area contributed by atoms with Crippen LogP contribution in [0.1, 0.15) is 33.6 Å². The van der Waals surface area contributed by atoms with Gasteiger partial charge >= 0.3 is 11.9 Å². The molecule has 0 bridgehead atoms. The van der Waals surface area contributed by atoms with E-state index in [9.17, 15) is 9.59 Å². The number of carboxylic acid groups (broad SMARTS) is 2. The zero-order valence-corrected chi connectivity index (χ0v) is 16.1. The summed E-state index contributed by atoms with van der Waals surface area (Å²) in [7, 11) is -0.0275. The van der Waals surface area contributed by atoms with Gasteiger partial charge in [0.2, 0.25) is 0 Å². The highest BCUT2D eigenvalue weighted by Crippen LogP contribution is 2.35. The Hall–Kier alpha value is -2.27. The minimum absolute atomic E-state index is 0.0275. The average Bonchev–Trinajstić information content (AvgIpc) is 2.69. The van der Waals surface area contributed by atoms with E-state index in [2.05, 4.69) is 30.3 Å². The Morgan fingerprint density at radius 1 is 0.741 bits per heavy atom. The zero-order chi connectivity index (χ0) is 20.1. The molecule has 0 heterocycles. The summed E-state index contributed by atoms with van der Waals surface area (Å²) in [6, 6.07) is 15.8. The second-order valence-corrected chi connectivity index (χ2v) is 8.29. The normalized spacial score (nSPS) is 10.2. The van der Waals surface area contributed by atoms with Crippen molar-refractivity contribution >= 4 is 25.2 Å². The first-order chi connectivity index (χ1) is 13.0. The first kappa shape index (κ1) is 22.8. The smallest absolute Gasteiger partial charge is 0.335 e. The molecule has 0 aliphatic carbocycles. The van der Waals surface area contributed by atoms with Crippen molar-refractivity contribution in [2.24, 2.45) is 11.5 Å². The molecule has 2 aromatic rings. The molecular formula is C20H27N2O4P. The van der Waals surface area contributed by atoms with Crippen LogP contribution in [0.5, 0.6) is 0 Å². The van der Waals surface area contributed by atoms with Gasteiger partial charge in [0.25, 0.3) is 0 Å². The summed E-state index contributed by atoms with van der Waals surface area (Å²) >= 11 is 0. The molecule has 0 unspecified atom stereocenters. The van der Waals surface area contributed by atoms with Gasteiger partial charge in [0.05, 0.1) is 11.1 Å². The summed E-state index contributed by atoms with van der Waals surface area (Å²) in [5.41, 5.74) is 11.3. The molecule has 0 spiro atoms. The molecule has 0 fully saturated rings. The summed E-state index contributed by atoms with van der Waals surface area (Å²) in [5, 5.41) is 18.4. The van der Waals surface area contributed by atoms with E-state index in [1.807, 2.05) is 0 Å². The van der Waals surface area contributed by atoms with Gasteiger partial charge < -0.3 is 21.7 Å². The monoisotopic (exact) mass is 390 g/mol. The van der Waals surface area contributed by atoms with Crippen molar-refractivity contribution in [1.29, 1.82) is 0 Å². The molecule has 0 saturated carbocycles. The molecule has 0 saturated heterocycles. The zero-order valence-electron chi connectivity index (χ0n) is 15.3. The maximum atomic E-state index is 10.3. The van der Waals surface area contributed by atoms with Gasteiger partial charge in [-0.15, -0.1) is 0 Å². The van der Waals surface area contributed by atoms with Gasteiger partial charge in [0.15, 0.2) is 0 Å². The van der Waals surface area contributed by atoms with Crippen LogP contribution in [0.3, 0.4) is 0 Å². The lowest BCUT2D eigenvalue weighted by molar-refractivity contribution is 0.0681. The van der Waals surface area contributed by atoms with Crippen molar-refractivity contribution in [1.82, 2.24) is 0 Å². The molecule has 0 radical (unpaired) electrons. The molecule has 0 amide bonds. The highest BCUT2D eigenvalue weighted by atomic mass is 31.1. The van der Waals surface area contributed by atoms with Gasteiger partial charge in [-0.1, -0.05) is 38.3 Å². The maximum Gasteiger partial charge on any atom is 0.335 e. The Morgan fingerprint density at radius 3 is 1.48 bits per heavy atom. The number of aromatic carboxylic acids is 2. The number of hydrogen-bond donors (Lipinski definition) is 4. The number of carbonyl (C=O) groups is 2. The van der Waals surface area contributed by atoms with Gasteiger partial charge in [-0.3, -0.25) is 0 Å². The molecule has 0 aliphatic rings. The van der Waals surface area contributed by atoms with Crippen LogP contribution in [-0.4, -0.2) is 47.6 Å². The molecular weight excluding hydrogens is 363 g/mol. The van der Waals surface area contributed by atoms with Crippen molar-refractivity contribution in [2.45, 2.75) is 12.8 Å². The minimum atomic E-state index is -1.06. The Balaban J connectivity index is 0.000000277. The lowest BCUT2D eigenvalue weighted by atomic mass is 10.1. The highest BCUT2D eigenvalue weighted by Gasteiger charge is 2.09. The predicted molar refractivity (Wildman–Crippen MR) is 110 cm³/mol. The number of carboxylic acids is 2. The number of rotatable bonds is 9. The van der Waals surface area contributed by atoms with E-state index in [-0.39, 0.29) is 19.0 Å². The maximum absolute atomic E-state index is 10.3. The minimum Gasteiger partial charge on any atom is -0.478 e. The Morgan fingerprint density at radius 2 is 1.15 bits per heavy atom. The number of nitrogens with two attached hydrogens (primary N) is 2. The van der Waals surface area contributed by atoms with Crippen molar-refractivity contribution in [3.63, 3.8) is 0 Å². The van der Waals surface area contributed by atoms with Gasteiger partial charge in [0.1, 0.15) is 0 Å². The van der Waals surface area contributed by atoms with Crippen LogP contribution in [0.15, 0.2) is 54.6 Å². The van der Waals surface area contributed by atoms with E-state index < -0.39 is 11.9 Å². The molecule has 0 atom stereocenters. The summed E-state index contributed by atoms with van der Waals surface area (Å²) in [6.07, 6.45) is 4.75. The van der Waals surface area contributed by atoms with Crippen LogP contribution in [0.25, 0.3) is 0 Å². The van der Waals surface area contributed by atoms with Gasteiger partial charge in [-0.2, -0.15) is 0 Å². The Kier molecular flexibility index (Phi) is 10.9. The Bertz CT molecular complexity index is 652. The van der Waals surface area contributed by atoms with Crippen molar-refractivity contribution in [3.8, 4) is 0 Å². The van der Waals surface area contributed by atoms with Crippen LogP contribution in [0.2, 0.25) is 0 Å². The molecule has 27 heavy (non-hydrogen) atoms. The van der Waals surface area contributed by atoms with Gasteiger partial charge in [-0.05, 0) is 67.8 Å². The standard InChI is InChI=1S/C12H21N2P.C8H6O4/c13-8-4-10-15(11-5-9-14)12-6-2-1-3-7-12;9-7(10)5-1-2-6(4-3-5)8(11)12/h1-3,6-7H,4-5,8-11,13-14H2;1-4H,(H,9,10)(H,11,12). The first-order valence-electron chi connectivity index (χ1n) is 8.76. The van der Waals surface area contributed by atoms with Crippen LogP contribution < -0.4 is 16.8 Å². The highest BCUT2D eigenvalue weighted by molar-refractivity contribution is 7.65. The fraction of sp³-hybridized carbons (Fsp3) is 0.300. The predicted octanol–water partition coefficient (Wildman–Crippen LogP) is 2.57. The largest absolute Gasteiger partial charge is 0.478 e. The van der Waals surface area contributed by atoms with E-state index in [4.69, 9.17) is 21.7 Å². The second kappa shape index (κ2) is 13.0. The number of benzene rings is 2. The van der Waals surface area contributed by atoms with E-state index in [1.165, 1.54) is 41.9 Å². The van der Waals surface area contributed by atoms with Crippen LogP contribution in [0.4, 0.5) is 0 Å². The molecule has 6 nitrogen and oxygen atoms in total. The van der Waals surface area contributed by atoms with Crippen molar-refractivity contribution in [3.05, 3.63) is 65.7 Å². The molecule has 2 rings (SSSR count). The lowest BCUT2D eigenvalue weighted by Gasteiger charge is -2.17. The molecule has 0 aromatic heterocycles. The van der Waals surface area contributed by atoms with E-state index in [1.54, 1.807) is 0 Å². The quantitative estimate of drug-likeness (QED) is 0.488. The summed E-state index contributed by atoms with van der Waals surface area (Å²) in [6.45, 7) is 1.60. The molecule has 2 aromatic carbocycles. The van der Waals surface area contributed by atoms with Crippen molar-refractivity contribution < 1.29 is 19.8 Å². The molecule has 6 N–H and O–H groups in total. The lowest BCUT2D eigenvalue weighted by Crippen LogP contribution is -2.11. The molecule has 0 aliphatic heterocycles. The summed E-state index contributed by atoms with van der Waals surface area (Å²) < 4.78 is 0. The third kappa shape index (κ3) is 8.78. The van der Waals surface area contributed by atoms with Crippen LogP contribution in [-0.2, 0) is 0 Å². The van der Waals surface area contributed by atoms with E-state index >= 15 is 0 Å². The Labute approximate surface area is 161 Å². The average molecular weight is 390 g/mol. The van der Waals surface area contributed by atoms with Crippen molar-refractivity contribution in [2.75, 3.05) is 25.4 Å². The van der Waals surface area contributed by atoms with Crippen LogP contribution in [0, 0.1) is 0 Å². The fourth-order valence-electron chi connectivity index (χ4n) is 2.33. The second-order valence-electron chi connectivity index (χ2n) is 5.79. The van der Waals surface area contributed by atoms with Crippen LogP contribution >= 0.6 is 7.92 Å². The van der Waals surface area contributed by atoms with Gasteiger partial charge in [0, 0.05) is 0 Å². The van der Waals surface area contributed by atoms with E-state index in [0.29, 0.717) is 0 Å². The fourth-order valence-corrected chi connectivity index (χ4v) is 4.79. The first-order valence-corrected chi connectivity index (χ1v) is 10.5. The summed E-state index contributed by atoms with van der Waals surface area (Å²) in [5.74, 6) is -2.13. The third-order valence-electron chi connectivity index (χ3n) is 3.76. The SMILES string of the molecule is NCCCP(CCCN)c1ccccc1.O=C(O)c1ccc(C(=O)O)cc1. The molecule has 7 heteroatoms. The molecule has 146 valence electrons.